The molecule has 3 nitrogen and oxygen atoms in total. The van der Waals surface area contributed by atoms with Gasteiger partial charge in [0.05, 0.1) is 10.7 Å². The number of hydrogen-bond acceptors (Lipinski definition) is 2. The van der Waals surface area contributed by atoms with E-state index < -0.39 is 18.8 Å². The summed E-state index contributed by atoms with van der Waals surface area (Å²) < 4.78 is 39.2. The fourth-order valence-electron chi connectivity index (χ4n) is 2.05. The van der Waals surface area contributed by atoms with Crippen LogP contribution in [0.3, 0.4) is 0 Å². The van der Waals surface area contributed by atoms with E-state index in [1.165, 1.54) is 12.1 Å². The summed E-state index contributed by atoms with van der Waals surface area (Å²) in [7, 11) is 0. The van der Waals surface area contributed by atoms with Gasteiger partial charge in [-0.3, -0.25) is 4.79 Å². The number of nitrogens with zero attached hydrogens (tertiary/aromatic N) is 1. The second-order valence-corrected chi connectivity index (χ2v) is 4.66. The third-order valence-electron chi connectivity index (χ3n) is 2.99. The molecule has 1 atom stereocenters. The van der Waals surface area contributed by atoms with Gasteiger partial charge in [0.15, 0.2) is 0 Å². The Morgan fingerprint density at radius 1 is 1.32 bits per heavy atom. The molecule has 7 heteroatoms. The molecule has 0 aliphatic carbocycles. The van der Waals surface area contributed by atoms with E-state index in [9.17, 15) is 18.0 Å². The van der Waals surface area contributed by atoms with Crippen molar-refractivity contribution in [3.05, 3.63) is 29.3 Å². The second-order valence-electron chi connectivity index (χ2n) is 4.26. The molecular weight excluding hydrogens is 281 g/mol. The zero-order chi connectivity index (χ0) is 14.0. The Morgan fingerprint density at radius 2 is 2.00 bits per heavy atom. The van der Waals surface area contributed by atoms with Gasteiger partial charge in [-0.25, -0.2) is 0 Å². The van der Waals surface area contributed by atoms with Crippen LogP contribution in [0.5, 0.6) is 0 Å². The molecular formula is C12H12ClF3N2O. The number of nitrogens with one attached hydrogen (secondary N) is 1. The van der Waals surface area contributed by atoms with E-state index in [0.717, 1.165) is 4.90 Å². The quantitative estimate of drug-likeness (QED) is 0.863. The molecule has 1 aliphatic rings. The maximum atomic E-state index is 13.1. The van der Waals surface area contributed by atoms with Crippen LogP contribution in [0.2, 0.25) is 5.02 Å². The Balaban J connectivity index is 2.38. The van der Waals surface area contributed by atoms with Crippen molar-refractivity contribution in [1.29, 1.82) is 0 Å². The summed E-state index contributed by atoms with van der Waals surface area (Å²) in [5.74, 6) is -0.385. The topological polar surface area (TPSA) is 32.3 Å². The van der Waals surface area contributed by atoms with Gasteiger partial charge in [0.25, 0.3) is 0 Å². The van der Waals surface area contributed by atoms with Crippen LogP contribution in [0.25, 0.3) is 0 Å². The molecule has 19 heavy (non-hydrogen) atoms. The molecule has 1 saturated heterocycles. The standard InChI is InChI=1S/C12H12ClF3N2O/c13-8-3-1-2-4-9(8)18-6-5-11(19)17-7-10(18)12(14,15)16/h1-4,10H,5-7H2,(H,17,19). The SMILES string of the molecule is O=C1CCN(c2ccccc2Cl)C(C(F)(F)F)CN1. The van der Waals surface area contributed by atoms with Crippen molar-refractivity contribution in [2.45, 2.75) is 18.6 Å². The lowest BCUT2D eigenvalue weighted by atomic mass is 10.2. The van der Waals surface area contributed by atoms with Crippen LogP contribution < -0.4 is 10.2 Å². The van der Waals surface area contributed by atoms with E-state index >= 15 is 0 Å². The lowest BCUT2D eigenvalue weighted by Crippen LogP contribution is -2.50. The third-order valence-corrected chi connectivity index (χ3v) is 3.31. The number of para-hydroxylation sites is 1. The van der Waals surface area contributed by atoms with E-state index in [1.807, 2.05) is 0 Å². The minimum Gasteiger partial charge on any atom is -0.357 e. The van der Waals surface area contributed by atoms with Crippen LogP contribution in [0, 0.1) is 0 Å². The molecule has 1 unspecified atom stereocenters. The highest BCUT2D eigenvalue weighted by Gasteiger charge is 2.45. The number of halogens is 4. The zero-order valence-electron chi connectivity index (χ0n) is 9.88. The molecule has 1 heterocycles. The molecule has 1 N–H and O–H groups in total. The van der Waals surface area contributed by atoms with Crippen LogP contribution in [0.1, 0.15) is 6.42 Å². The molecule has 0 spiro atoms. The highest BCUT2D eigenvalue weighted by molar-refractivity contribution is 6.33. The first-order valence-electron chi connectivity index (χ1n) is 5.74. The number of alkyl halides is 3. The summed E-state index contributed by atoms with van der Waals surface area (Å²) in [5.41, 5.74) is 0.294. The van der Waals surface area contributed by atoms with Gasteiger partial charge in [-0.1, -0.05) is 23.7 Å². The lowest BCUT2D eigenvalue weighted by molar-refractivity contribution is -0.147. The summed E-state index contributed by atoms with van der Waals surface area (Å²) in [5, 5.41) is 2.52. The summed E-state index contributed by atoms with van der Waals surface area (Å²) in [6, 6.07) is 4.56. The smallest absolute Gasteiger partial charge is 0.357 e. The van der Waals surface area contributed by atoms with Crippen molar-refractivity contribution < 1.29 is 18.0 Å². The summed E-state index contributed by atoms with van der Waals surface area (Å²) in [6.07, 6.45) is -4.42. The number of carbonyl (C=O) groups excluding carboxylic acids is 1. The van der Waals surface area contributed by atoms with Crippen molar-refractivity contribution in [3.63, 3.8) is 0 Å². The summed E-state index contributed by atoms with van der Waals surface area (Å²) in [6.45, 7) is -0.479. The predicted octanol–water partition coefficient (Wildman–Crippen LogP) is 2.60. The molecule has 0 bridgehead atoms. The first kappa shape index (κ1) is 14.0. The number of amides is 1. The fraction of sp³-hybridized carbons (Fsp3) is 0.417. The van der Waals surface area contributed by atoms with Crippen LogP contribution >= 0.6 is 11.6 Å². The van der Waals surface area contributed by atoms with E-state index in [2.05, 4.69) is 5.32 Å². The number of anilines is 1. The van der Waals surface area contributed by atoms with Gasteiger partial charge in [-0.2, -0.15) is 13.2 Å². The molecule has 104 valence electrons. The van der Waals surface area contributed by atoms with Crippen molar-refractivity contribution in [3.8, 4) is 0 Å². The van der Waals surface area contributed by atoms with Crippen LogP contribution in [-0.2, 0) is 4.79 Å². The van der Waals surface area contributed by atoms with E-state index in [0.29, 0.717) is 5.69 Å². The van der Waals surface area contributed by atoms with Gasteiger partial charge in [-0.05, 0) is 12.1 Å². The molecule has 1 aliphatic heterocycles. The molecule has 1 aromatic carbocycles. The van der Waals surface area contributed by atoms with Gasteiger partial charge >= 0.3 is 6.18 Å². The highest BCUT2D eigenvalue weighted by atomic mass is 35.5. The Labute approximate surface area is 113 Å². The molecule has 1 fully saturated rings. The van der Waals surface area contributed by atoms with E-state index in [4.69, 9.17) is 11.6 Å². The average molecular weight is 293 g/mol. The van der Waals surface area contributed by atoms with Crippen LogP contribution in [0.15, 0.2) is 24.3 Å². The number of hydrogen-bond donors (Lipinski definition) is 1. The minimum atomic E-state index is -4.43. The van der Waals surface area contributed by atoms with Gasteiger partial charge in [0, 0.05) is 19.5 Å². The number of benzene rings is 1. The maximum Gasteiger partial charge on any atom is 0.410 e. The monoisotopic (exact) mass is 292 g/mol. The molecule has 1 aromatic rings. The molecule has 0 radical (unpaired) electrons. The Morgan fingerprint density at radius 3 is 2.63 bits per heavy atom. The molecule has 2 rings (SSSR count). The largest absolute Gasteiger partial charge is 0.410 e. The zero-order valence-corrected chi connectivity index (χ0v) is 10.6. The lowest BCUT2D eigenvalue weighted by Gasteiger charge is -2.33. The van der Waals surface area contributed by atoms with Crippen molar-refractivity contribution in [2.75, 3.05) is 18.0 Å². The summed E-state index contributed by atoms with van der Waals surface area (Å²) in [4.78, 5) is 12.4. The Kier molecular flexibility index (Phi) is 3.89. The molecule has 1 amide bonds. The first-order chi connectivity index (χ1) is 8.89. The third kappa shape index (κ3) is 3.12. The predicted molar refractivity (Wildman–Crippen MR) is 66.3 cm³/mol. The second kappa shape index (κ2) is 5.28. The Bertz CT molecular complexity index is 478. The van der Waals surface area contributed by atoms with Gasteiger partial charge in [0.2, 0.25) is 5.91 Å². The average Bonchev–Trinajstić information content (AvgIpc) is 2.51. The van der Waals surface area contributed by atoms with Crippen LogP contribution in [0.4, 0.5) is 18.9 Å². The van der Waals surface area contributed by atoms with Crippen molar-refractivity contribution >= 4 is 23.2 Å². The van der Waals surface area contributed by atoms with Gasteiger partial charge in [-0.15, -0.1) is 0 Å². The minimum absolute atomic E-state index is 0.0117. The van der Waals surface area contributed by atoms with Gasteiger partial charge in [0.1, 0.15) is 6.04 Å². The van der Waals surface area contributed by atoms with E-state index in [-0.39, 0.29) is 23.9 Å². The normalized spacial score (nSPS) is 20.9. The first-order valence-corrected chi connectivity index (χ1v) is 6.12. The van der Waals surface area contributed by atoms with Crippen molar-refractivity contribution in [2.24, 2.45) is 0 Å². The molecule has 0 aromatic heterocycles. The van der Waals surface area contributed by atoms with Crippen LogP contribution in [-0.4, -0.2) is 31.2 Å². The van der Waals surface area contributed by atoms with E-state index in [1.54, 1.807) is 12.1 Å². The fourth-order valence-corrected chi connectivity index (χ4v) is 2.30. The maximum absolute atomic E-state index is 13.1. The van der Waals surface area contributed by atoms with Gasteiger partial charge < -0.3 is 10.2 Å². The highest BCUT2D eigenvalue weighted by Crippen LogP contribution is 2.33. The van der Waals surface area contributed by atoms with Crippen molar-refractivity contribution in [1.82, 2.24) is 5.32 Å². The number of carbonyl (C=O) groups is 1. The summed E-state index contributed by atoms with van der Waals surface area (Å²) >= 11 is 5.95. The number of rotatable bonds is 1. The molecule has 0 saturated carbocycles. The Hall–Kier alpha value is -1.43.